The minimum atomic E-state index is -0.644. The number of pyridine rings is 1. The zero-order valence-corrected chi connectivity index (χ0v) is 13.4. The first-order chi connectivity index (χ1) is 11.2. The van der Waals surface area contributed by atoms with Gasteiger partial charge in [0, 0.05) is 24.6 Å². The number of nitrogens with one attached hydrogen (secondary N) is 2. The van der Waals surface area contributed by atoms with Gasteiger partial charge >= 0.3 is 11.8 Å². The molecule has 5 nitrogen and oxygen atoms in total. The van der Waals surface area contributed by atoms with E-state index in [1.54, 1.807) is 24.5 Å². The second-order valence-corrected chi connectivity index (χ2v) is 5.15. The molecule has 0 radical (unpaired) electrons. The second kappa shape index (κ2) is 8.08. The maximum absolute atomic E-state index is 12.1. The van der Waals surface area contributed by atoms with E-state index in [2.05, 4.69) is 15.6 Å². The summed E-state index contributed by atoms with van der Waals surface area (Å²) < 4.78 is 0. The molecule has 0 saturated carbocycles. The monoisotopic (exact) mass is 311 g/mol. The van der Waals surface area contributed by atoms with Crippen molar-refractivity contribution in [3.8, 4) is 0 Å². The summed E-state index contributed by atoms with van der Waals surface area (Å²) in [6.45, 7) is 4.34. The summed E-state index contributed by atoms with van der Waals surface area (Å²) in [4.78, 5) is 28.0. The predicted octanol–water partition coefficient (Wildman–Crippen LogP) is 2.46. The summed E-state index contributed by atoms with van der Waals surface area (Å²) in [5, 5.41) is 5.37. The van der Waals surface area contributed by atoms with E-state index in [1.807, 2.05) is 32.0 Å². The van der Waals surface area contributed by atoms with E-state index in [4.69, 9.17) is 0 Å². The Labute approximate surface area is 136 Å². The number of aryl methyl sites for hydroxylation is 2. The number of carbonyl (C=O) groups excluding carboxylic acids is 2. The Kier molecular flexibility index (Phi) is 5.86. The van der Waals surface area contributed by atoms with E-state index in [1.165, 1.54) is 0 Å². The number of benzene rings is 1. The van der Waals surface area contributed by atoms with Crippen LogP contribution < -0.4 is 10.6 Å². The van der Waals surface area contributed by atoms with Crippen LogP contribution in [0.15, 0.2) is 42.7 Å². The lowest BCUT2D eigenvalue weighted by atomic mass is 10.0. The highest BCUT2D eigenvalue weighted by Crippen LogP contribution is 2.22. The fourth-order valence-electron chi connectivity index (χ4n) is 2.34. The van der Waals surface area contributed by atoms with E-state index < -0.39 is 11.8 Å². The van der Waals surface area contributed by atoms with Gasteiger partial charge in [0.05, 0.1) is 0 Å². The Morgan fingerprint density at radius 1 is 0.957 bits per heavy atom. The molecule has 0 aliphatic rings. The van der Waals surface area contributed by atoms with Crippen LogP contribution in [-0.4, -0.2) is 16.8 Å². The summed E-state index contributed by atoms with van der Waals surface area (Å²) in [5.41, 5.74) is 3.70. The lowest BCUT2D eigenvalue weighted by molar-refractivity contribution is -0.136. The summed E-state index contributed by atoms with van der Waals surface area (Å²) in [5.74, 6) is -1.29. The van der Waals surface area contributed by atoms with E-state index in [9.17, 15) is 9.59 Å². The van der Waals surface area contributed by atoms with Crippen LogP contribution in [0.25, 0.3) is 0 Å². The summed E-state index contributed by atoms with van der Waals surface area (Å²) in [7, 11) is 0. The van der Waals surface area contributed by atoms with Crippen LogP contribution in [0.3, 0.4) is 0 Å². The standard InChI is InChI=1S/C18H21N3O2/c1-3-14-6-5-7-15(4-2)16(14)21-18(23)17(22)20-12-13-8-10-19-11-9-13/h5-11H,3-4,12H2,1-2H3,(H,20,22)(H,21,23). The lowest BCUT2D eigenvalue weighted by Crippen LogP contribution is -2.35. The third-order valence-electron chi connectivity index (χ3n) is 3.65. The van der Waals surface area contributed by atoms with Gasteiger partial charge in [-0.15, -0.1) is 0 Å². The summed E-state index contributed by atoms with van der Waals surface area (Å²) in [6.07, 6.45) is 4.88. The molecule has 2 rings (SSSR count). The number of nitrogens with zero attached hydrogens (tertiary/aromatic N) is 1. The minimum Gasteiger partial charge on any atom is -0.344 e. The van der Waals surface area contributed by atoms with Gasteiger partial charge in [0.15, 0.2) is 0 Å². The lowest BCUT2D eigenvalue weighted by Gasteiger charge is -2.14. The second-order valence-electron chi connectivity index (χ2n) is 5.15. The predicted molar refractivity (Wildman–Crippen MR) is 89.9 cm³/mol. The molecule has 0 aliphatic carbocycles. The molecule has 2 N–H and O–H groups in total. The van der Waals surface area contributed by atoms with Crippen molar-refractivity contribution < 1.29 is 9.59 Å². The summed E-state index contributed by atoms with van der Waals surface area (Å²) >= 11 is 0. The molecule has 1 aromatic heterocycles. The van der Waals surface area contributed by atoms with E-state index in [-0.39, 0.29) is 0 Å². The van der Waals surface area contributed by atoms with Gasteiger partial charge in [0.1, 0.15) is 0 Å². The molecule has 0 atom stereocenters. The van der Waals surface area contributed by atoms with E-state index >= 15 is 0 Å². The van der Waals surface area contributed by atoms with Crippen LogP contribution in [-0.2, 0) is 29.0 Å². The van der Waals surface area contributed by atoms with Gasteiger partial charge in [-0.1, -0.05) is 32.0 Å². The van der Waals surface area contributed by atoms with Gasteiger partial charge in [0.2, 0.25) is 0 Å². The molecule has 0 saturated heterocycles. The maximum atomic E-state index is 12.1. The number of rotatable bonds is 5. The van der Waals surface area contributed by atoms with Crippen LogP contribution in [0.4, 0.5) is 5.69 Å². The molecule has 5 heteroatoms. The van der Waals surface area contributed by atoms with Gasteiger partial charge in [-0.25, -0.2) is 0 Å². The highest BCUT2D eigenvalue weighted by Gasteiger charge is 2.16. The molecule has 1 aromatic carbocycles. The first-order valence-corrected chi connectivity index (χ1v) is 7.74. The first kappa shape index (κ1) is 16.7. The number of amides is 2. The highest BCUT2D eigenvalue weighted by atomic mass is 16.2. The molecule has 23 heavy (non-hydrogen) atoms. The Balaban J connectivity index is 2.02. The number of carbonyl (C=O) groups is 2. The van der Waals surface area contributed by atoms with Crippen LogP contribution in [0.5, 0.6) is 0 Å². The van der Waals surface area contributed by atoms with Crippen molar-refractivity contribution in [2.45, 2.75) is 33.2 Å². The van der Waals surface area contributed by atoms with Gasteiger partial charge in [0.25, 0.3) is 0 Å². The molecule has 0 unspecified atom stereocenters. The van der Waals surface area contributed by atoms with Crippen molar-refractivity contribution in [2.24, 2.45) is 0 Å². The molecular formula is C18H21N3O2. The average Bonchev–Trinajstić information content (AvgIpc) is 2.60. The van der Waals surface area contributed by atoms with E-state index in [0.29, 0.717) is 6.54 Å². The normalized spacial score (nSPS) is 10.2. The molecule has 0 fully saturated rings. The third-order valence-corrected chi connectivity index (χ3v) is 3.65. The SMILES string of the molecule is CCc1cccc(CC)c1NC(=O)C(=O)NCc1ccncc1. The molecule has 2 aromatic rings. The zero-order valence-electron chi connectivity index (χ0n) is 13.4. The van der Waals surface area contributed by atoms with Crippen LogP contribution in [0.2, 0.25) is 0 Å². The van der Waals surface area contributed by atoms with Crippen LogP contribution in [0.1, 0.15) is 30.5 Å². The number of para-hydroxylation sites is 1. The number of anilines is 1. The topological polar surface area (TPSA) is 71.1 Å². The molecular weight excluding hydrogens is 290 g/mol. The van der Waals surface area contributed by atoms with Crippen molar-refractivity contribution in [3.05, 3.63) is 59.4 Å². The van der Waals surface area contributed by atoms with Crippen molar-refractivity contribution in [1.82, 2.24) is 10.3 Å². The van der Waals surface area contributed by atoms with Gasteiger partial charge in [-0.2, -0.15) is 0 Å². The van der Waals surface area contributed by atoms with Crippen molar-refractivity contribution in [1.29, 1.82) is 0 Å². The molecule has 0 bridgehead atoms. The van der Waals surface area contributed by atoms with Crippen molar-refractivity contribution >= 4 is 17.5 Å². The maximum Gasteiger partial charge on any atom is 0.313 e. The quantitative estimate of drug-likeness (QED) is 0.833. The molecule has 0 aliphatic heterocycles. The average molecular weight is 311 g/mol. The Morgan fingerprint density at radius 2 is 1.57 bits per heavy atom. The van der Waals surface area contributed by atoms with Crippen LogP contribution >= 0.6 is 0 Å². The highest BCUT2D eigenvalue weighted by molar-refractivity contribution is 6.39. The number of hydrogen-bond acceptors (Lipinski definition) is 3. The fraction of sp³-hybridized carbons (Fsp3) is 0.278. The molecule has 0 spiro atoms. The van der Waals surface area contributed by atoms with Gasteiger partial charge in [-0.3, -0.25) is 14.6 Å². The van der Waals surface area contributed by atoms with Gasteiger partial charge in [-0.05, 0) is 41.7 Å². The smallest absolute Gasteiger partial charge is 0.313 e. The zero-order chi connectivity index (χ0) is 16.7. The van der Waals surface area contributed by atoms with Gasteiger partial charge < -0.3 is 10.6 Å². The molecule has 2 amide bonds. The Bertz CT molecular complexity index is 662. The fourth-order valence-corrected chi connectivity index (χ4v) is 2.34. The van der Waals surface area contributed by atoms with Crippen LogP contribution in [0, 0.1) is 0 Å². The Hall–Kier alpha value is -2.69. The third kappa shape index (κ3) is 4.39. The molecule has 120 valence electrons. The first-order valence-electron chi connectivity index (χ1n) is 7.74. The Morgan fingerprint density at radius 3 is 2.13 bits per heavy atom. The van der Waals surface area contributed by atoms with Crippen molar-refractivity contribution in [2.75, 3.05) is 5.32 Å². The number of hydrogen-bond donors (Lipinski definition) is 2. The minimum absolute atomic E-state index is 0.296. The summed E-state index contributed by atoms with van der Waals surface area (Å²) in [6, 6.07) is 9.48. The number of aromatic nitrogens is 1. The largest absolute Gasteiger partial charge is 0.344 e. The molecule has 1 heterocycles. The van der Waals surface area contributed by atoms with E-state index in [0.717, 1.165) is 35.2 Å². The van der Waals surface area contributed by atoms with Crippen molar-refractivity contribution in [3.63, 3.8) is 0 Å².